The highest BCUT2D eigenvalue weighted by atomic mass is 79.9. The van der Waals surface area contributed by atoms with Crippen molar-refractivity contribution in [2.45, 2.75) is 89.3 Å². The molecule has 5 aromatic rings. The summed E-state index contributed by atoms with van der Waals surface area (Å²) in [6, 6.07) is 43.4. The van der Waals surface area contributed by atoms with E-state index in [1.165, 1.54) is 125 Å². The van der Waals surface area contributed by atoms with E-state index in [-0.39, 0.29) is 0 Å². The van der Waals surface area contributed by atoms with Gasteiger partial charge in [0.15, 0.2) is 0 Å². The molecule has 1 aliphatic rings. The molecule has 0 amide bonds. The third-order valence-electron chi connectivity index (χ3n) is 10.1. The molecule has 0 nitrogen and oxygen atoms in total. The van der Waals surface area contributed by atoms with E-state index in [2.05, 4.69) is 173 Å². The molecule has 0 radical (unpaired) electrons. The minimum absolute atomic E-state index is 0.300. The lowest BCUT2D eigenvalue weighted by atomic mass is 9.84. The SMILES string of the molecule is CCCCCCc1ccc(-c2cccc(C3=C(c4ccc(Br)cc4-c4cccc(-c5ccc(CCCCCC)cc5)c4)C=CC(Br)C3)c2)cc1. The van der Waals surface area contributed by atoms with Gasteiger partial charge in [-0.1, -0.05) is 187 Å². The van der Waals surface area contributed by atoms with Crippen LogP contribution in [0.5, 0.6) is 0 Å². The van der Waals surface area contributed by atoms with Gasteiger partial charge in [-0.25, -0.2) is 0 Å². The molecule has 50 heavy (non-hydrogen) atoms. The van der Waals surface area contributed by atoms with Crippen LogP contribution in [0.25, 0.3) is 44.5 Å². The molecule has 0 bridgehead atoms. The van der Waals surface area contributed by atoms with Crippen LogP contribution in [0.3, 0.4) is 0 Å². The summed E-state index contributed by atoms with van der Waals surface area (Å²) in [5.74, 6) is 0. The number of allylic oxidation sites excluding steroid dienone is 4. The maximum Gasteiger partial charge on any atom is 0.0369 e. The molecule has 0 fully saturated rings. The molecule has 1 unspecified atom stereocenters. The predicted molar refractivity (Wildman–Crippen MR) is 226 cm³/mol. The molecule has 0 aromatic heterocycles. The molecule has 1 aliphatic carbocycles. The van der Waals surface area contributed by atoms with Crippen LogP contribution < -0.4 is 0 Å². The van der Waals surface area contributed by atoms with Crippen LogP contribution in [0, 0.1) is 0 Å². The maximum atomic E-state index is 3.94. The monoisotopic (exact) mass is 784 g/mol. The number of aryl methyl sites for hydroxylation is 2. The van der Waals surface area contributed by atoms with Crippen molar-refractivity contribution in [1.29, 1.82) is 0 Å². The Morgan fingerprint density at radius 1 is 0.520 bits per heavy atom. The Bertz CT molecular complexity index is 1910. The summed E-state index contributed by atoms with van der Waals surface area (Å²) in [7, 11) is 0. The summed E-state index contributed by atoms with van der Waals surface area (Å²) in [5.41, 5.74) is 15.6. The topological polar surface area (TPSA) is 0 Å². The number of rotatable bonds is 15. The van der Waals surface area contributed by atoms with Gasteiger partial charge in [0.25, 0.3) is 0 Å². The van der Waals surface area contributed by atoms with Crippen molar-refractivity contribution in [3.05, 3.63) is 154 Å². The Hall–Kier alpha value is -3.46. The van der Waals surface area contributed by atoms with Crippen molar-refractivity contribution in [1.82, 2.24) is 0 Å². The number of unbranched alkanes of at least 4 members (excludes halogenated alkanes) is 6. The zero-order valence-electron chi connectivity index (χ0n) is 29.7. The first-order valence-corrected chi connectivity index (χ1v) is 20.5. The Balaban J connectivity index is 1.31. The zero-order chi connectivity index (χ0) is 34.7. The van der Waals surface area contributed by atoms with Crippen molar-refractivity contribution in [2.24, 2.45) is 0 Å². The highest BCUT2D eigenvalue weighted by molar-refractivity contribution is 9.10. The van der Waals surface area contributed by atoms with Crippen LogP contribution in [0.4, 0.5) is 0 Å². The average molecular weight is 787 g/mol. The Kier molecular flexibility index (Phi) is 13.2. The van der Waals surface area contributed by atoms with E-state index in [0.717, 1.165) is 17.3 Å². The first kappa shape index (κ1) is 36.3. The maximum absolute atomic E-state index is 3.94. The van der Waals surface area contributed by atoms with Gasteiger partial charge in [0.1, 0.15) is 0 Å². The molecule has 256 valence electrons. The normalized spacial score (nSPS) is 14.4. The van der Waals surface area contributed by atoms with Crippen molar-refractivity contribution in [3.8, 4) is 33.4 Å². The van der Waals surface area contributed by atoms with Gasteiger partial charge in [0.2, 0.25) is 0 Å². The Morgan fingerprint density at radius 2 is 1.06 bits per heavy atom. The van der Waals surface area contributed by atoms with Crippen LogP contribution in [-0.2, 0) is 12.8 Å². The zero-order valence-corrected chi connectivity index (χ0v) is 32.9. The molecule has 2 heteroatoms. The highest BCUT2D eigenvalue weighted by Crippen LogP contribution is 2.42. The van der Waals surface area contributed by atoms with Crippen molar-refractivity contribution >= 4 is 43.0 Å². The number of hydrogen-bond donors (Lipinski definition) is 0. The van der Waals surface area contributed by atoms with E-state index < -0.39 is 0 Å². The van der Waals surface area contributed by atoms with Gasteiger partial charge in [0, 0.05) is 9.30 Å². The van der Waals surface area contributed by atoms with Crippen LogP contribution in [0.2, 0.25) is 0 Å². The smallest absolute Gasteiger partial charge is 0.0369 e. The number of halogens is 2. The lowest BCUT2D eigenvalue weighted by Crippen LogP contribution is -2.05. The quantitative estimate of drug-likeness (QED) is 0.0732. The Labute approximate surface area is 318 Å². The van der Waals surface area contributed by atoms with Gasteiger partial charge in [0.05, 0.1) is 0 Å². The van der Waals surface area contributed by atoms with E-state index in [1.807, 2.05) is 0 Å². The van der Waals surface area contributed by atoms with Gasteiger partial charge in [-0.15, -0.1) is 0 Å². The molecule has 5 aromatic carbocycles. The minimum Gasteiger partial charge on any atom is -0.0842 e. The fraction of sp³-hybridized carbons (Fsp3) is 0.292. The molecular weight excluding hydrogens is 736 g/mol. The van der Waals surface area contributed by atoms with Gasteiger partial charge in [-0.2, -0.15) is 0 Å². The second-order valence-corrected chi connectivity index (χ2v) is 15.9. The molecule has 0 aliphatic heterocycles. The van der Waals surface area contributed by atoms with E-state index in [1.54, 1.807) is 0 Å². The average Bonchev–Trinajstić information content (AvgIpc) is 3.16. The van der Waals surface area contributed by atoms with Crippen molar-refractivity contribution in [3.63, 3.8) is 0 Å². The van der Waals surface area contributed by atoms with E-state index >= 15 is 0 Å². The molecule has 0 saturated heterocycles. The summed E-state index contributed by atoms with van der Waals surface area (Å²) in [6.07, 6.45) is 18.3. The second-order valence-electron chi connectivity index (χ2n) is 13.8. The lowest BCUT2D eigenvalue weighted by molar-refractivity contribution is 0.667. The molecule has 6 rings (SSSR count). The van der Waals surface area contributed by atoms with Crippen LogP contribution in [0.1, 0.15) is 93.9 Å². The largest absolute Gasteiger partial charge is 0.0842 e. The number of alkyl halides is 1. The third kappa shape index (κ3) is 9.45. The molecule has 1 atom stereocenters. The predicted octanol–water partition coefficient (Wildman–Crippen LogP) is 15.3. The van der Waals surface area contributed by atoms with Gasteiger partial charge in [-0.3, -0.25) is 0 Å². The fourth-order valence-corrected chi connectivity index (χ4v) is 8.02. The summed E-state index contributed by atoms with van der Waals surface area (Å²) < 4.78 is 1.09. The second kappa shape index (κ2) is 18.2. The van der Waals surface area contributed by atoms with Gasteiger partial charge < -0.3 is 0 Å². The lowest BCUT2D eigenvalue weighted by Gasteiger charge is -2.23. The van der Waals surface area contributed by atoms with Crippen LogP contribution in [0.15, 0.2) is 132 Å². The molecular formula is C48H50Br2. The molecule has 0 heterocycles. The van der Waals surface area contributed by atoms with Gasteiger partial charge in [-0.05, 0) is 123 Å². The molecule has 0 spiro atoms. The number of hydrogen-bond acceptors (Lipinski definition) is 0. The van der Waals surface area contributed by atoms with Crippen LogP contribution in [-0.4, -0.2) is 4.83 Å². The first-order chi connectivity index (χ1) is 24.5. The molecule has 0 N–H and O–H groups in total. The van der Waals surface area contributed by atoms with E-state index in [0.29, 0.717) is 4.83 Å². The first-order valence-electron chi connectivity index (χ1n) is 18.8. The number of benzene rings is 5. The Morgan fingerprint density at radius 3 is 1.64 bits per heavy atom. The fourth-order valence-electron chi connectivity index (χ4n) is 7.18. The summed E-state index contributed by atoms with van der Waals surface area (Å²) >= 11 is 7.74. The summed E-state index contributed by atoms with van der Waals surface area (Å²) in [6.45, 7) is 4.55. The summed E-state index contributed by atoms with van der Waals surface area (Å²) in [4.78, 5) is 0.300. The van der Waals surface area contributed by atoms with Crippen LogP contribution >= 0.6 is 31.9 Å². The van der Waals surface area contributed by atoms with E-state index in [9.17, 15) is 0 Å². The van der Waals surface area contributed by atoms with Gasteiger partial charge >= 0.3 is 0 Å². The highest BCUT2D eigenvalue weighted by Gasteiger charge is 2.21. The third-order valence-corrected chi connectivity index (χ3v) is 11.2. The van der Waals surface area contributed by atoms with Crippen molar-refractivity contribution < 1.29 is 0 Å². The standard InChI is InChI=1S/C48H50Br2/c1-3-5-7-9-13-35-19-23-37(24-20-35)39-15-11-17-41(31-39)47-33-43(49)27-29-45(47)46-30-28-44(50)34-48(46)42-18-12-16-40(32-42)38-25-21-36(22-26-38)14-10-8-6-4-2/h11-12,15-33,44H,3-10,13-14,34H2,1-2H3. The van der Waals surface area contributed by atoms with Crippen molar-refractivity contribution in [2.75, 3.05) is 0 Å². The minimum atomic E-state index is 0.300. The van der Waals surface area contributed by atoms with E-state index in [4.69, 9.17) is 0 Å². The molecule has 0 saturated carbocycles. The summed E-state index contributed by atoms with van der Waals surface area (Å²) in [5, 5.41) is 0.